The quantitative estimate of drug-likeness (QED) is 0.832. The Kier molecular flexibility index (Phi) is 3.60. The van der Waals surface area contributed by atoms with Gasteiger partial charge in [0.05, 0.1) is 0 Å². The topological polar surface area (TPSA) is 26.3 Å². The van der Waals surface area contributed by atoms with E-state index < -0.39 is 5.60 Å². The maximum absolute atomic E-state index is 12.6. The first-order chi connectivity index (χ1) is 10.1. The summed E-state index contributed by atoms with van der Waals surface area (Å²) in [5.74, 6) is 0.717. The molecule has 0 fully saturated rings. The summed E-state index contributed by atoms with van der Waals surface area (Å²) < 4.78 is 5.94. The van der Waals surface area contributed by atoms with E-state index in [2.05, 4.69) is 0 Å². The molecule has 0 N–H and O–H groups in total. The number of Topliss-reactive ketones (excluding diaryl/α,β-unsaturated/α-hetero) is 1. The number of benzene rings is 2. The van der Waals surface area contributed by atoms with Crippen molar-refractivity contribution in [2.75, 3.05) is 0 Å². The monoisotopic (exact) mass is 296 g/mol. The highest BCUT2D eigenvalue weighted by Crippen LogP contribution is 2.43. The minimum atomic E-state index is -0.803. The van der Waals surface area contributed by atoms with Crippen LogP contribution in [0.3, 0.4) is 0 Å². The van der Waals surface area contributed by atoms with Gasteiger partial charge in [0, 0.05) is 10.5 Å². The van der Waals surface area contributed by atoms with Crippen LogP contribution in [0.5, 0.6) is 0 Å². The maximum atomic E-state index is 12.6. The number of hydrogen-bond donors (Lipinski definition) is 0. The van der Waals surface area contributed by atoms with E-state index >= 15 is 0 Å². The second kappa shape index (κ2) is 5.41. The van der Waals surface area contributed by atoms with Crippen molar-refractivity contribution in [2.45, 2.75) is 24.3 Å². The molecule has 3 rings (SSSR count). The molecule has 0 atom stereocenters. The van der Waals surface area contributed by atoms with Crippen LogP contribution in [0, 0.1) is 0 Å². The van der Waals surface area contributed by atoms with Gasteiger partial charge in [-0.25, -0.2) is 0 Å². The third-order valence-corrected chi connectivity index (χ3v) is 4.40. The van der Waals surface area contributed by atoms with E-state index in [-0.39, 0.29) is 5.78 Å². The normalized spacial score (nSPS) is 17.0. The molecule has 21 heavy (non-hydrogen) atoms. The standard InChI is InChI=1S/C18H16O2S/c1-18(2)17(19)16(21-14-11-7-4-8-12-14)15(20-18)13-9-5-3-6-10-13/h3-12H,1-2H3. The molecule has 1 heterocycles. The third-order valence-electron chi connectivity index (χ3n) is 3.32. The second-order valence-corrected chi connectivity index (χ2v) is 6.46. The third kappa shape index (κ3) is 2.74. The number of rotatable bonds is 3. The van der Waals surface area contributed by atoms with Gasteiger partial charge in [-0.1, -0.05) is 60.3 Å². The summed E-state index contributed by atoms with van der Waals surface area (Å²) in [5, 5.41) is 0. The first-order valence-corrected chi connectivity index (χ1v) is 7.66. The molecule has 0 spiro atoms. The molecule has 0 bridgehead atoms. The smallest absolute Gasteiger partial charge is 0.216 e. The highest BCUT2D eigenvalue weighted by atomic mass is 32.2. The lowest BCUT2D eigenvalue weighted by molar-refractivity contribution is -0.126. The Hall–Kier alpha value is -2.00. The van der Waals surface area contributed by atoms with Crippen LogP contribution in [0.15, 0.2) is 70.5 Å². The van der Waals surface area contributed by atoms with Gasteiger partial charge in [0.15, 0.2) is 5.60 Å². The minimum absolute atomic E-state index is 0.0372. The highest BCUT2D eigenvalue weighted by Gasteiger charge is 2.42. The van der Waals surface area contributed by atoms with Crippen LogP contribution in [0.2, 0.25) is 0 Å². The van der Waals surface area contributed by atoms with Crippen LogP contribution < -0.4 is 0 Å². The average molecular weight is 296 g/mol. The number of ether oxygens (including phenoxy) is 1. The van der Waals surface area contributed by atoms with Crippen LogP contribution in [-0.2, 0) is 9.53 Å². The van der Waals surface area contributed by atoms with Crippen LogP contribution in [-0.4, -0.2) is 11.4 Å². The fraction of sp³-hybridized carbons (Fsp3) is 0.167. The van der Waals surface area contributed by atoms with Crippen molar-refractivity contribution in [3.63, 3.8) is 0 Å². The van der Waals surface area contributed by atoms with Gasteiger partial charge >= 0.3 is 0 Å². The van der Waals surface area contributed by atoms with Gasteiger partial charge in [0.1, 0.15) is 10.7 Å². The Morgan fingerprint density at radius 1 is 0.905 bits per heavy atom. The molecular formula is C18H16O2S. The first kappa shape index (κ1) is 14.0. The summed E-state index contributed by atoms with van der Waals surface area (Å²) in [6.45, 7) is 3.63. The van der Waals surface area contributed by atoms with Crippen LogP contribution in [0.1, 0.15) is 19.4 Å². The molecule has 3 heteroatoms. The predicted octanol–water partition coefficient (Wildman–Crippen LogP) is 4.53. The zero-order valence-electron chi connectivity index (χ0n) is 12.0. The molecule has 106 valence electrons. The van der Waals surface area contributed by atoms with Crippen molar-refractivity contribution in [1.29, 1.82) is 0 Å². The number of ketones is 1. The van der Waals surface area contributed by atoms with E-state index in [1.807, 2.05) is 74.5 Å². The molecule has 2 nitrogen and oxygen atoms in total. The van der Waals surface area contributed by atoms with Crippen LogP contribution in [0.4, 0.5) is 0 Å². The first-order valence-electron chi connectivity index (χ1n) is 6.84. The van der Waals surface area contributed by atoms with E-state index in [1.165, 1.54) is 11.8 Å². The van der Waals surface area contributed by atoms with Crippen molar-refractivity contribution >= 4 is 23.3 Å². The van der Waals surface area contributed by atoms with Crippen molar-refractivity contribution in [2.24, 2.45) is 0 Å². The van der Waals surface area contributed by atoms with Gasteiger partial charge in [0.25, 0.3) is 0 Å². The Morgan fingerprint density at radius 2 is 1.48 bits per heavy atom. The SMILES string of the molecule is CC1(C)OC(c2ccccc2)=C(Sc2ccccc2)C1=O. The average Bonchev–Trinajstić information content (AvgIpc) is 2.73. The van der Waals surface area contributed by atoms with Crippen molar-refractivity contribution in [3.05, 3.63) is 71.1 Å². The van der Waals surface area contributed by atoms with E-state index in [0.29, 0.717) is 10.7 Å². The largest absolute Gasteiger partial charge is 0.478 e. The zero-order chi connectivity index (χ0) is 14.9. The van der Waals surface area contributed by atoms with E-state index in [9.17, 15) is 4.79 Å². The minimum Gasteiger partial charge on any atom is -0.478 e. The highest BCUT2D eigenvalue weighted by molar-refractivity contribution is 8.04. The molecule has 0 saturated heterocycles. The van der Waals surface area contributed by atoms with Gasteiger partial charge in [-0.05, 0) is 26.0 Å². The molecule has 1 aliphatic heterocycles. The molecule has 0 unspecified atom stereocenters. The van der Waals surface area contributed by atoms with Crippen molar-refractivity contribution in [1.82, 2.24) is 0 Å². The number of hydrogen-bond acceptors (Lipinski definition) is 3. The predicted molar refractivity (Wildman–Crippen MR) is 85.8 cm³/mol. The summed E-state index contributed by atoms with van der Waals surface area (Å²) >= 11 is 1.47. The molecular weight excluding hydrogens is 280 g/mol. The fourth-order valence-corrected chi connectivity index (χ4v) is 3.32. The molecule has 0 saturated carbocycles. The lowest BCUT2D eigenvalue weighted by atomic mass is 10.1. The zero-order valence-corrected chi connectivity index (χ0v) is 12.8. The van der Waals surface area contributed by atoms with Gasteiger partial charge in [-0.15, -0.1) is 0 Å². The second-order valence-electron chi connectivity index (χ2n) is 5.38. The summed E-state index contributed by atoms with van der Waals surface area (Å²) in [4.78, 5) is 14.3. The number of carbonyl (C=O) groups excluding carboxylic acids is 1. The maximum Gasteiger partial charge on any atom is 0.216 e. The molecule has 0 aliphatic carbocycles. The lowest BCUT2D eigenvalue weighted by Gasteiger charge is -2.17. The Balaban J connectivity index is 2.04. The Morgan fingerprint density at radius 3 is 2.10 bits per heavy atom. The van der Waals surface area contributed by atoms with Crippen LogP contribution in [0.25, 0.3) is 5.76 Å². The lowest BCUT2D eigenvalue weighted by Crippen LogP contribution is -2.29. The van der Waals surface area contributed by atoms with E-state index in [0.717, 1.165) is 10.5 Å². The van der Waals surface area contributed by atoms with Gasteiger partial charge < -0.3 is 4.74 Å². The Bertz CT molecular complexity index is 688. The summed E-state index contributed by atoms with van der Waals surface area (Å²) in [6.07, 6.45) is 0. The molecule has 0 aromatic heterocycles. The molecule has 1 aliphatic rings. The van der Waals surface area contributed by atoms with Crippen molar-refractivity contribution < 1.29 is 9.53 Å². The molecule has 0 amide bonds. The van der Waals surface area contributed by atoms with Gasteiger partial charge in [-0.2, -0.15) is 0 Å². The summed E-state index contributed by atoms with van der Waals surface area (Å²) in [7, 11) is 0. The van der Waals surface area contributed by atoms with Gasteiger partial charge in [0.2, 0.25) is 5.78 Å². The number of thioether (sulfide) groups is 1. The molecule has 0 radical (unpaired) electrons. The summed E-state index contributed by atoms with van der Waals surface area (Å²) in [5.41, 5.74) is 0.136. The van der Waals surface area contributed by atoms with Crippen molar-refractivity contribution in [3.8, 4) is 0 Å². The van der Waals surface area contributed by atoms with E-state index in [1.54, 1.807) is 0 Å². The number of carbonyl (C=O) groups is 1. The molecule has 2 aromatic rings. The summed E-state index contributed by atoms with van der Waals surface area (Å²) in [6, 6.07) is 19.7. The van der Waals surface area contributed by atoms with Crippen LogP contribution >= 0.6 is 11.8 Å². The Labute approximate surface area is 128 Å². The van der Waals surface area contributed by atoms with Gasteiger partial charge in [-0.3, -0.25) is 4.79 Å². The fourth-order valence-electron chi connectivity index (χ4n) is 2.20. The molecule has 2 aromatic carbocycles. The van der Waals surface area contributed by atoms with E-state index in [4.69, 9.17) is 4.74 Å².